The number of carbonyl (C=O) groups excluding carboxylic acids is 2. The third-order valence-electron chi connectivity index (χ3n) is 5.78. The van der Waals surface area contributed by atoms with Crippen LogP contribution in [0.15, 0.2) is 17.8 Å². The molecule has 2 amide bonds. The van der Waals surface area contributed by atoms with Crippen molar-refractivity contribution >= 4 is 23.2 Å². The first-order chi connectivity index (χ1) is 13.5. The Balaban J connectivity index is 1.34. The van der Waals surface area contributed by atoms with Gasteiger partial charge in [0.15, 0.2) is 0 Å². The van der Waals surface area contributed by atoms with Crippen molar-refractivity contribution in [2.75, 3.05) is 26.2 Å². The Bertz CT molecular complexity index is 852. The maximum absolute atomic E-state index is 12.8. The molecule has 28 heavy (non-hydrogen) atoms. The molecule has 0 aromatic carbocycles. The first kappa shape index (κ1) is 19.1. The molecular formula is C20H27N5O2S. The maximum Gasteiger partial charge on any atom is 0.273 e. The number of aromatic nitrogens is 3. The zero-order chi connectivity index (χ0) is 19.7. The molecule has 7 nitrogen and oxygen atoms in total. The Morgan fingerprint density at radius 1 is 1.14 bits per heavy atom. The summed E-state index contributed by atoms with van der Waals surface area (Å²) in [5.74, 6) is 0.892. The van der Waals surface area contributed by atoms with Crippen molar-refractivity contribution in [3.63, 3.8) is 0 Å². The van der Waals surface area contributed by atoms with Crippen LogP contribution in [0, 0.1) is 11.8 Å². The van der Waals surface area contributed by atoms with Gasteiger partial charge < -0.3 is 9.80 Å². The molecule has 150 valence electrons. The number of rotatable bonds is 3. The molecule has 2 aliphatic heterocycles. The molecule has 2 fully saturated rings. The van der Waals surface area contributed by atoms with Crippen LogP contribution >= 0.6 is 11.3 Å². The van der Waals surface area contributed by atoms with Crippen LogP contribution in [0.3, 0.4) is 0 Å². The van der Waals surface area contributed by atoms with Crippen LogP contribution in [0.1, 0.15) is 43.1 Å². The molecule has 0 radical (unpaired) electrons. The average Bonchev–Trinajstić information content (AvgIpc) is 3.36. The molecule has 1 unspecified atom stereocenters. The van der Waals surface area contributed by atoms with Gasteiger partial charge in [-0.3, -0.25) is 14.3 Å². The lowest BCUT2D eigenvalue weighted by atomic mass is 9.92. The predicted octanol–water partition coefficient (Wildman–Crippen LogP) is 2.65. The minimum Gasteiger partial charge on any atom is -0.342 e. The van der Waals surface area contributed by atoms with E-state index in [-0.39, 0.29) is 17.7 Å². The zero-order valence-electron chi connectivity index (χ0n) is 16.5. The van der Waals surface area contributed by atoms with Crippen molar-refractivity contribution in [3.05, 3.63) is 23.5 Å². The van der Waals surface area contributed by atoms with Gasteiger partial charge in [0, 0.05) is 56.3 Å². The van der Waals surface area contributed by atoms with Crippen LogP contribution in [0.5, 0.6) is 0 Å². The standard InChI is InChI=1S/C20H27N5O2S/c1-14-4-3-7-25(11-14)19(26)15-5-8-24(9-6-15)20(27)17-13-28-18(22-17)16-10-21-23(2)12-16/h10,12-15H,3-9,11H2,1-2H3. The fourth-order valence-corrected chi connectivity index (χ4v) is 4.94. The van der Waals surface area contributed by atoms with Crippen molar-refractivity contribution in [3.8, 4) is 10.6 Å². The molecule has 1 atom stereocenters. The summed E-state index contributed by atoms with van der Waals surface area (Å²) in [6, 6.07) is 0. The third-order valence-corrected chi connectivity index (χ3v) is 6.67. The summed E-state index contributed by atoms with van der Waals surface area (Å²) in [6.07, 6.45) is 7.46. The summed E-state index contributed by atoms with van der Waals surface area (Å²) in [5, 5.41) is 6.78. The molecule has 2 aromatic rings. The molecule has 4 heterocycles. The maximum atomic E-state index is 12.8. The summed E-state index contributed by atoms with van der Waals surface area (Å²) in [7, 11) is 1.86. The Morgan fingerprint density at radius 3 is 2.61 bits per heavy atom. The molecule has 0 spiro atoms. The van der Waals surface area contributed by atoms with Gasteiger partial charge >= 0.3 is 0 Å². The van der Waals surface area contributed by atoms with Gasteiger partial charge in [0.05, 0.1) is 6.20 Å². The summed E-state index contributed by atoms with van der Waals surface area (Å²) < 4.78 is 1.73. The third kappa shape index (κ3) is 3.97. The minimum atomic E-state index is -0.0381. The second-order valence-corrected chi connectivity index (χ2v) is 8.90. The molecule has 4 rings (SSSR count). The van der Waals surface area contributed by atoms with E-state index in [1.807, 2.05) is 28.4 Å². The van der Waals surface area contributed by atoms with Crippen molar-refractivity contribution in [2.45, 2.75) is 32.6 Å². The predicted molar refractivity (Wildman–Crippen MR) is 108 cm³/mol. The quantitative estimate of drug-likeness (QED) is 0.793. The monoisotopic (exact) mass is 401 g/mol. The Kier molecular flexibility index (Phi) is 5.48. The summed E-state index contributed by atoms with van der Waals surface area (Å²) >= 11 is 1.46. The number of thiazole rings is 1. The van der Waals surface area contributed by atoms with Gasteiger partial charge in [0.2, 0.25) is 5.91 Å². The fourth-order valence-electron chi connectivity index (χ4n) is 4.18. The van der Waals surface area contributed by atoms with Crippen LogP contribution in [0.2, 0.25) is 0 Å². The number of piperidine rings is 2. The first-order valence-electron chi connectivity index (χ1n) is 10.0. The molecule has 0 bridgehead atoms. The Labute approximate surface area is 169 Å². The molecule has 2 aliphatic rings. The number of nitrogens with zero attached hydrogens (tertiary/aromatic N) is 5. The van der Waals surface area contributed by atoms with E-state index in [1.54, 1.807) is 10.9 Å². The molecule has 8 heteroatoms. The van der Waals surface area contributed by atoms with Crippen LogP contribution < -0.4 is 0 Å². The van der Waals surface area contributed by atoms with E-state index < -0.39 is 0 Å². The van der Waals surface area contributed by atoms with Gasteiger partial charge in [0.1, 0.15) is 10.7 Å². The zero-order valence-corrected chi connectivity index (χ0v) is 17.3. The van der Waals surface area contributed by atoms with Gasteiger partial charge in [-0.2, -0.15) is 5.10 Å². The lowest BCUT2D eigenvalue weighted by molar-refractivity contribution is -0.138. The Hall–Kier alpha value is -2.22. The van der Waals surface area contributed by atoms with E-state index in [4.69, 9.17) is 0 Å². The summed E-state index contributed by atoms with van der Waals surface area (Å²) in [4.78, 5) is 34.0. The first-order valence-corrected chi connectivity index (χ1v) is 10.9. The van der Waals surface area contributed by atoms with E-state index in [2.05, 4.69) is 17.0 Å². The molecule has 0 saturated carbocycles. The number of aryl methyl sites for hydroxylation is 1. The molecule has 2 saturated heterocycles. The fraction of sp³-hybridized carbons (Fsp3) is 0.600. The highest BCUT2D eigenvalue weighted by atomic mass is 32.1. The molecule has 0 N–H and O–H groups in total. The van der Waals surface area contributed by atoms with Crippen LogP contribution in [0.4, 0.5) is 0 Å². The topological polar surface area (TPSA) is 71.3 Å². The highest BCUT2D eigenvalue weighted by Gasteiger charge is 2.32. The molecule has 0 aliphatic carbocycles. The number of hydrogen-bond donors (Lipinski definition) is 0. The highest BCUT2D eigenvalue weighted by molar-refractivity contribution is 7.13. The number of hydrogen-bond acceptors (Lipinski definition) is 5. The average molecular weight is 402 g/mol. The molecular weight excluding hydrogens is 374 g/mol. The van der Waals surface area contributed by atoms with Crippen molar-refractivity contribution in [1.82, 2.24) is 24.6 Å². The van der Waals surface area contributed by atoms with Gasteiger partial charge in [-0.25, -0.2) is 4.98 Å². The van der Waals surface area contributed by atoms with Crippen LogP contribution in [-0.2, 0) is 11.8 Å². The normalized spacial score (nSPS) is 21.1. The number of likely N-dealkylation sites (tertiary alicyclic amines) is 2. The van der Waals surface area contributed by atoms with Gasteiger partial charge in [-0.15, -0.1) is 11.3 Å². The SMILES string of the molecule is CC1CCCN(C(=O)C2CCN(C(=O)c3csc(-c4cnn(C)c4)n3)CC2)C1. The van der Waals surface area contributed by atoms with Gasteiger partial charge in [-0.05, 0) is 31.6 Å². The lowest BCUT2D eigenvalue weighted by Gasteiger charge is -2.37. The highest BCUT2D eigenvalue weighted by Crippen LogP contribution is 2.26. The van der Waals surface area contributed by atoms with Crippen LogP contribution in [0.25, 0.3) is 10.6 Å². The second kappa shape index (κ2) is 8.03. The molecule has 2 aromatic heterocycles. The van der Waals surface area contributed by atoms with E-state index in [1.165, 1.54) is 17.8 Å². The summed E-state index contributed by atoms with van der Waals surface area (Å²) in [5.41, 5.74) is 1.41. The second-order valence-electron chi connectivity index (χ2n) is 8.04. The van der Waals surface area contributed by atoms with E-state index in [9.17, 15) is 9.59 Å². The summed E-state index contributed by atoms with van der Waals surface area (Å²) in [6.45, 7) is 5.23. The van der Waals surface area contributed by atoms with Crippen molar-refractivity contribution < 1.29 is 9.59 Å². The van der Waals surface area contributed by atoms with E-state index in [0.29, 0.717) is 24.7 Å². The van der Waals surface area contributed by atoms with Crippen molar-refractivity contribution in [1.29, 1.82) is 0 Å². The van der Waals surface area contributed by atoms with Crippen molar-refractivity contribution in [2.24, 2.45) is 18.9 Å². The number of carbonyl (C=O) groups is 2. The lowest BCUT2D eigenvalue weighted by Crippen LogP contribution is -2.47. The Morgan fingerprint density at radius 2 is 1.93 bits per heavy atom. The van der Waals surface area contributed by atoms with E-state index >= 15 is 0 Å². The van der Waals surface area contributed by atoms with Gasteiger partial charge in [-0.1, -0.05) is 6.92 Å². The smallest absolute Gasteiger partial charge is 0.273 e. The minimum absolute atomic E-state index is 0.0381. The van der Waals surface area contributed by atoms with Crippen LogP contribution in [-0.4, -0.2) is 62.6 Å². The van der Waals surface area contributed by atoms with Gasteiger partial charge in [0.25, 0.3) is 5.91 Å². The largest absolute Gasteiger partial charge is 0.342 e. The number of amides is 2. The van der Waals surface area contributed by atoms with E-state index in [0.717, 1.165) is 42.9 Å².